The van der Waals surface area contributed by atoms with Crippen molar-refractivity contribution in [1.82, 2.24) is 10.3 Å². The lowest BCUT2D eigenvalue weighted by molar-refractivity contribution is 0.303. The Morgan fingerprint density at radius 2 is 1.56 bits per heavy atom. The van der Waals surface area contributed by atoms with Gasteiger partial charge in [0.15, 0.2) is 0 Å². The van der Waals surface area contributed by atoms with Crippen LogP contribution in [-0.4, -0.2) is 11.6 Å². The first-order valence-corrected chi connectivity index (χ1v) is 13.3. The Labute approximate surface area is 213 Å². The zero-order chi connectivity index (χ0) is 24.4. The van der Waals surface area contributed by atoms with E-state index in [-0.39, 0.29) is 11.6 Å². The van der Waals surface area contributed by atoms with Gasteiger partial charge in [-0.05, 0) is 65.4 Å². The molecule has 3 nitrogen and oxygen atoms in total. The number of hydrogen-bond donors (Lipinski definition) is 2. The Morgan fingerprint density at radius 1 is 0.833 bits per heavy atom. The normalized spacial score (nSPS) is 15.9. The van der Waals surface area contributed by atoms with E-state index in [0.29, 0.717) is 6.61 Å². The number of para-hydroxylation sites is 1. The van der Waals surface area contributed by atoms with Gasteiger partial charge in [0.1, 0.15) is 5.75 Å². The van der Waals surface area contributed by atoms with Gasteiger partial charge in [0.25, 0.3) is 0 Å². The van der Waals surface area contributed by atoms with E-state index in [2.05, 4.69) is 114 Å². The van der Waals surface area contributed by atoms with Crippen LogP contribution >= 0.6 is 0 Å². The fourth-order valence-corrected chi connectivity index (χ4v) is 6.10. The summed E-state index contributed by atoms with van der Waals surface area (Å²) in [5.74, 6) is 0.939. The van der Waals surface area contributed by atoms with E-state index < -0.39 is 0 Å². The first-order chi connectivity index (χ1) is 17.7. The molecule has 0 bridgehead atoms. The van der Waals surface area contributed by atoms with E-state index in [4.69, 9.17) is 4.74 Å². The molecular formula is C33H34N2O. The molecule has 1 saturated carbocycles. The molecule has 1 aliphatic rings. The second kappa shape index (κ2) is 9.83. The van der Waals surface area contributed by atoms with Crippen LogP contribution in [0.15, 0.2) is 97.2 Å². The number of aromatic amines is 1. The molecule has 2 N–H and O–H groups in total. The van der Waals surface area contributed by atoms with Gasteiger partial charge in [0.2, 0.25) is 0 Å². The number of hydrogen-bond acceptors (Lipinski definition) is 2. The average Bonchev–Trinajstić information content (AvgIpc) is 3.57. The molecule has 0 radical (unpaired) electrons. The molecule has 0 unspecified atom stereocenters. The Hall–Kier alpha value is -3.56. The molecule has 36 heavy (non-hydrogen) atoms. The van der Waals surface area contributed by atoms with Gasteiger partial charge in [-0.2, -0.15) is 0 Å². The largest absolute Gasteiger partial charge is 0.493 e. The lowest BCUT2D eigenvalue weighted by atomic mass is 9.86. The molecule has 1 heterocycles. The van der Waals surface area contributed by atoms with Crippen LogP contribution in [0.3, 0.4) is 0 Å². The number of benzene rings is 4. The Kier molecular flexibility index (Phi) is 6.25. The number of aromatic nitrogens is 1. The summed E-state index contributed by atoms with van der Waals surface area (Å²) in [6.07, 6.45) is 7.85. The number of ether oxygens (including phenoxy) is 1. The predicted octanol–water partition coefficient (Wildman–Crippen LogP) is 8.06. The number of rotatable bonds is 8. The molecule has 6 rings (SSSR count). The third-order valence-corrected chi connectivity index (χ3v) is 7.96. The van der Waals surface area contributed by atoms with E-state index in [1.165, 1.54) is 64.0 Å². The minimum Gasteiger partial charge on any atom is -0.493 e. The van der Waals surface area contributed by atoms with Crippen molar-refractivity contribution in [2.75, 3.05) is 6.61 Å². The van der Waals surface area contributed by atoms with Crippen molar-refractivity contribution in [2.24, 2.45) is 0 Å². The maximum atomic E-state index is 6.14. The SMILES string of the molecule is C[C@@H](NC1(c2ccc(OCCc3c[nH]c4ccccc34)cc2)CCCC1)c1cccc2ccccc12. The lowest BCUT2D eigenvalue weighted by Crippen LogP contribution is -2.41. The molecule has 1 aliphatic carbocycles. The van der Waals surface area contributed by atoms with Gasteiger partial charge in [-0.15, -0.1) is 0 Å². The van der Waals surface area contributed by atoms with E-state index in [0.717, 1.165) is 12.2 Å². The molecule has 1 atom stereocenters. The van der Waals surface area contributed by atoms with Crippen LogP contribution in [0.2, 0.25) is 0 Å². The van der Waals surface area contributed by atoms with E-state index in [9.17, 15) is 0 Å². The van der Waals surface area contributed by atoms with Gasteiger partial charge < -0.3 is 15.0 Å². The molecular weight excluding hydrogens is 440 g/mol. The zero-order valence-corrected chi connectivity index (χ0v) is 21.0. The van der Waals surface area contributed by atoms with Crippen LogP contribution in [0, 0.1) is 0 Å². The Bertz CT molecular complexity index is 1460. The minimum absolute atomic E-state index is 0.0128. The highest BCUT2D eigenvalue weighted by atomic mass is 16.5. The highest BCUT2D eigenvalue weighted by Gasteiger charge is 2.36. The maximum absolute atomic E-state index is 6.14. The number of nitrogens with one attached hydrogen (secondary N) is 2. The molecule has 0 amide bonds. The smallest absolute Gasteiger partial charge is 0.119 e. The van der Waals surface area contributed by atoms with Crippen molar-refractivity contribution in [3.8, 4) is 5.75 Å². The standard InChI is InChI=1S/C33H34N2O/c1-24(29-13-8-10-25-9-2-3-11-30(25)29)35-33(20-6-7-21-33)27-15-17-28(18-16-27)36-22-19-26-23-34-32-14-5-4-12-31(26)32/h2-5,8-18,23-24,34-35H,6-7,19-22H2,1H3/t24-/m1/s1. The van der Waals surface area contributed by atoms with E-state index in [1.54, 1.807) is 0 Å². The van der Waals surface area contributed by atoms with E-state index in [1.807, 2.05) is 0 Å². The lowest BCUT2D eigenvalue weighted by Gasteiger charge is -2.35. The summed E-state index contributed by atoms with van der Waals surface area (Å²) in [5, 5.41) is 8.00. The summed E-state index contributed by atoms with van der Waals surface area (Å²) in [6.45, 7) is 2.98. The third kappa shape index (κ3) is 4.40. The highest BCUT2D eigenvalue weighted by molar-refractivity contribution is 5.86. The topological polar surface area (TPSA) is 37.0 Å². The fraction of sp³-hybridized carbons (Fsp3) is 0.273. The van der Waals surface area contributed by atoms with Crippen molar-refractivity contribution >= 4 is 21.7 Å². The second-order valence-corrected chi connectivity index (χ2v) is 10.2. The Balaban J connectivity index is 1.16. The summed E-state index contributed by atoms with van der Waals surface area (Å²) in [5.41, 5.74) is 5.24. The van der Waals surface area contributed by atoms with Gasteiger partial charge in [0.05, 0.1) is 6.61 Å². The number of H-pyrrole nitrogens is 1. The molecule has 0 spiro atoms. The van der Waals surface area contributed by atoms with Gasteiger partial charge in [-0.3, -0.25) is 0 Å². The summed E-state index contributed by atoms with van der Waals surface area (Å²) in [4.78, 5) is 3.35. The maximum Gasteiger partial charge on any atom is 0.119 e. The number of fused-ring (bicyclic) bond motifs is 2. The van der Waals surface area contributed by atoms with Crippen LogP contribution < -0.4 is 10.1 Å². The summed E-state index contributed by atoms with van der Waals surface area (Å²) >= 11 is 0. The Morgan fingerprint density at radius 3 is 2.39 bits per heavy atom. The highest BCUT2D eigenvalue weighted by Crippen LogP contribution is 2.41. The van der Waals surface area contributed by atoms with Crippen LogP contribution in [0.4, 0.5) is 0 Å². The predicted molar refractivity (Wildman–Crippen MR) is 150 cm³/mol. The molecule has 5 aromatic rings. The summed E-state index contributed by atoms with van der Waals surface area (Å²) in [6, 6.07) is 32.9. The molecule has 1 aromatic heterocycles. The second-order valence-electron chi connectivity index (χ2n) is 10.2. The third-order valence-electron chi connectivity index (χ3n) is 7.96. The van der Waals surface area contributed by atoms with Crippen molar-refractivity contribution in [1.29, 1.82) is 0 Å². The van der Waals surface area contributed by atoms with Crippen molar-refractivity contribution in [3.63, 3.8) is 0 Å². The van der Waals surface area contributed by atoms with Crippen LogP contribution in [-0.2, 0) is 12.0 Å². The van der Waals surface area contributed by atoms with Gasteiger partial charge in [0, 0.05) is 35.1 Å². The molecule has 4 aromatic carbocycles. The molecule has 0 aliphatic heterocycles. The van der Waals surface area contributed by atoms with Crippen LogP contribution in [0.5, 0.6) is 5.75 Å². The van der Waals surface area contributed by atoms with Crippen molar-refractivity contribution in [2.45, 2.75) is 50.6 Å². The first kappa shape index (κ1) is 22.9. The summed E-state index contributed by atoms with van der Waals surface area (Å²) in [7, 11) is 0. The first-order valence-electron chi connectivity index (χ1n) is 13.3. The van der Waals surface area contributed by atoms with Crippen molar-refractivity contribution in [3.05, 3.63) is 114 Å². The van der Waals surface area contributed by atoms with Gasteiger partial charge in [-0.1, -0.05) is 85.6 Å². The van der Waals surface area contributed by atoms with Crippen molar-refractivity contribution < 1.29 is 4.74 Å². The molecule has 1 fully saturated rings. The summed E-state index contributed by atoms with van der Waals surface area (Å²) < 4.78 is 6.14. The van der Waals surface area contributed by atoms with Crippen LogP contribution in [0.25, 0.3) is 21.7 Å². The van der Waals surface area contributed by atoms with Crippen LogP contribution in [0.1, 0.15) is 55.3 Å². The van der Waals surface area contributed by atoms with Gasteiger partial charge in [-0.25, -0.2) is 0 Å². The zero-order valence-electron chi connectivity index (χ0n) is 21.0. The molecule has 182 valence electrons. The fourth-order valence-electron chi connectivity index (χ4n) is 6.10. The van der Waals surface area contributed by atoms with Gasteiger partial charge >= 0.3 is 0 Å². The average molecular weight is 475 g/mol. The monoisotopic (exact) mass is 474 g/mol. The minimum atomic E-state index is 0.0128. The quantitative estimate of drug-likeness (QED) is 0.239. The molecule has 3 heteroatoms. The van der Waals surface area contributed by atoms with E-state index >= 15 is 0 Å². The molecule has 0 saturated heterocycles.